The van der Waals surface area contributed by atoms with E-state index in [1.165, 1.54) is 18.6 Å². The summed E-state index contributed by atoms with van der Waals surface area (Å²) in [7, 11) is 0. The summed E-state index contributed by atoms with van der Waals surface area (Å²) in [5.41, 5.74) is 1.27. The van der Waals surface area contributed by atoms with Crippen LogP contribution in [0.5, 0.6) is 0 Å². The molecule has 1 aromatic carbocycles. The van der Waals surface area contributed by atoms with Crippen molar-refractivity contribution in [2.75, 3.05) is 5.32 Å². The molecule has 5 nitrogen and oxygen atoms in total. The largest absolute Gasteiger partial charge is 0.381 e. The fraction of sp³-hybridized carbons (Fsp3) is 0.500. The number of nitro groups is 1. The number of anilines is 1. The highest BCUT2D eigenvalue weighted by Crippen LogP contribution is 2.36. The van der Waals surface area contributed by atoms with Crippen LogP contribution in [-0.2, 0) is 0 Å². The van der Waals surface area contributed by atoms with Gasteiger partial charge in [0.15, 0.2) is 5.78 Å². The van der Waals surface area contributed by atoms with E-state index in [0.717, 1.165) is 25.7 Å². The highest BCUT2D eigenvalue weighted by molar-refractivity contribution is 6.05. The van der Waals surface area contributed by atoms with Crippen molar-refractivity contribution in [1.82, 2.24) is 0 Å². The molecule has 1 aliphatic carbocycles. The molecule has 0 aromatic heterocycles. The second kappa shape index (κ2) is 4.64. The number of nitrogens with one attached hydrogen (secondary N) is 1. The molecule has 2 aliphatic rings. The summed E-state index contributed by atoms with van der Waals surface area (Å²) in [6, 6.07) is 4.62. The lowest BCUT2D eigenvalue weighted by Crippen LogP contribution is -2.38. The Labute approximate surface area is 111 Å². The first-order valence-corrected chi connectivity index (χ1v) is 6.76. The van der Waals surface area contributed by atoms with Crippen LogP contribution in [0.15, 0.2) is 18.2 Å². The van der Waals surface area contributed by atoms with Gasteiger partial charge in [-0.1, -0.05) is 19.3 Å². The molecule has 1 N–H and O–H groups in total. The van der Waals surface area contributed by atoms with Crippen LogP contribution >= 0.6 is 0 Å². The van der Waals surface area contributed by atoms with Crippen molar-refractivity contribution in [1.29, 1.82) is 0 Å². The molecule has 0 bridgehead atoms. The fourth-order valence-electron chi connectivity index (χ4n) is 3.17. The Kier molecular flexibility index (Phi) is 2.97. The Morgan fingerprint density at radius 2 is 2.00 bits per heavy atom. The predicted octanol–water partition coefficient (Wildman–Crippen LogP) is 3.15. The molecule has 0 radical (unpaired) electrons. The van der Waals surface area contributed by atoms with Crippen molar-refractivity contribution >= 4 is 17.2 Å². The molecular weight excluding hydrogens is 244 g/mol. The number of nitro benzene ring substituents is 1. The summed E-state index contributed by atoms with van der Waals surface area (Å²) in [6.07, 6.45) is 5.27. The third kappa shape index (κ3) is 2.09. The van der Waals surface area contributed by atoms with Gasteiger partial charge in [0, 0.05) is 29.7 Å². The lowest BCUT2D eigenvalue weighted by atomic mass is 9.83. The highest BCUT2D eigenvalue weighted by atomic mass is 16.6. The number of carbonyl (C=O) groups is 1. The molecule has 3 rings (SSSR count). The first-order chi connectivity index (χ1) is 9.16. The molecule has 1 fully saturated rings. The number of ketones is 1. The van der Waals surface area contributed by atoms with Crippen LogP contribution in [0.2, 0.25) is 0 Å². The van der Waals surface area contributed by atoms with Crippen molar-refractivity contribution in [2.45, 2.75) is 38.1 Å². The Balaban J connectivity index is 1.99. The second-order valence-corrected chi connectivity index (χ2v) is 5.35. The molecule has 1 saturated carbocycles. The zero-order chi connectivity index (χ0) is 13.4. The lowest BCUT2D eigenvalue weighted by Gasteiger charge is -2.32. The van der Waals surface area contributed by atoms with Crippen LogP contribution in [0.4, 0.5) is 11.4 Å². The number of non-ortho nitro benzene ring substituents is 1. The van der Waals surface area contributed by atoms with Gasteiger partial charge in [-0.15, -0.1) is 0 Å². The van der Waals surface area contributed by atoms with E-state index in [1.54, 1.807) is 6.07 Å². The van der Waals surface area contributed by atoms with Gasteiger partial charge in [-0.05, 0) is 18.9 Å². The standard InChI is InChI=1S/C14H16N2O3/c17-14-10-4-2-1-3-5-12(10)15-13-8-9(16(18)19)6-7-11(13)14/h6-8,10,12,15H,1-5H2/t10-,12-/m0/s1. The maximum absolute atomic E-state index is 12.5. The molecule has 1 aromatic rings. The first-order valence-electron chi connectivity index (χ1n) is 6.76. The number of fused-ring (bicyclic) bond motifs is 2. The number of carbonyl (C=O) groups excluding carboxylic acids is 1. The molecule has 1 aliphatic heterocycles. The molecule has 5 heteroatoms. The van der Waals surface area contributed by atoms with Gasteiger partial charge in [0.1, 0.15) is 0 Å². The van der Waals surface area contributed by atoms with Gasteiger partial charge in [0.2, 0.25) is 0 Å². The Morgan fingerprint density at radius 1 is 1.21 bits per heavy atom. The van der Waals surface area contributed by atoms with Crippen molar-refractivity contribution < 1.29 is 9.72 Å². The third-order valence-corrected chi connectivity index (χ3v) is 4.17. The van der Waals surface area contributed by atoms with Gasteiger partial charge in [-0.2, -0.15) is 0 Å². The average molecular weight is 260 g/mol. The van der Waals surface area contributed by atoms with Gasteiger partial charge in [0.05, 0.1) is 10.6 Å². The van der Waals surface area contributed by atoms with Crippen molar-refractivity contribution in [2.24, 2.45) is 5.92 Å². The van der Waals surface area contributed by atoms with Crippen LogP contribution < -0.4 is 5.32 Å². The van der Waals surface area contributed by atoms with E-state index in [-0.39, 0.29) is 23.4 Å². The third-order valence-electron chi connectivity index (χ3n) is 4.17. The molecule has 0 spiro atoms. The minimum absolute atomic E-state index is 0.0334. The number of benzene rings is 1. The average Bonchev–Trinajstić information content (AvgIpc) is 2.63. The van der Waals surface area contributed by atoms with Crippen LogP contribution in [-0.4, -0.2) is 16.7 Å². The van der Waals surface area contributed by atoms with E-state index in [4.69, 9.17) is 0 Å². The van der Waals surface area contributed by atoms with E-state index in [2.05, 4.69) is 5.32 Å². The van der Waals surface area contributed by atoms with Crippen LogP contribution in [0.25, 0.3) is 0 Å². The summed E-state index contributed by atoms with van der Waals surface area (Å²) in [4.78, 5) is 22.8. The Hall–Kier alpha value is -1.91. The zero-order valence-electron chi connectivity index (χ0n) is 10.6. The summed E-state index contributed by atoms with van der Waals surface area (Å²) in [6.45, 7) is 0. The zero-order valence-corrected chi connectivity index (χ0v) is 10.6. The smallest absolute Gasteiger partial charge is 0.271 e. The maximum Gasteiger partial charge on any atom is 0.271 e. The Bertz CT molecular complexity index is 541. The normalized spacial score (nSPS) is 25.8. The lowest BCUT2D eigenvalue weighted by molar-refractivity contribution is -0.384. The summed E-state index contributed by atoms with van der Waals surface area (Å²) >= 11 is 0. The van der Waals surface area contributed by atoms with Gasteiger partial charge < -0.3 is 5.32 Å². The van der Waals surface area contributed by atoms with Crippen molar-refractivity contribution in [3.63, 3.8) is 0 Å². The second-order valence-electron chi connectivity index (χ2n) is 5.35. The van der Waals surface area contributed by atoms with Crippen LogP contribution in [0.3, 0.4) is 0 Å². The number of hydrogen-bond acceptors (Lipinski definition) is 4. The SMILES string of the molecule is O=C1c2ccc([N+](=O)[O-])cc2N[C@H]2CCCCC[C@H]12. The van der Waals surface area contributed by atoms with Crippen LogP contribution in [0.1, 0.15) is 42.5 Å². The number of nitrogens with zero attached hydrogens (tertiary/aromatic N) is 1. The van der Waals surface area contributed by atoms with Gasteiger partial charge in [0.25, 0.3) is 5.69 Å². The van der Waals surface area contributed by atoms with E-state index in [9.17, 15) is 14.9 Å². The molecule has 0 saturated heterocycles. The van der Waals surface area contributed by atoms with Crippen molar-refractivity contribution in [3.05, 3.63) is 33.9 Å². The molecular formula is C14H16N2O3. The molecule has 2 atom stereocenters. The van der Waals surface area contributed by atoms with E-state index in [0.29, 0.717) is 11.3 Å². The molecule has 0 unspecified atom stereocenters. The number of rotatable bonds is 1. The van der Waals surface area contributed by atoms with Gasteiger partial charge in [-0.3, -0.25) is 14.9 Å². The quantitative estimate of drug-likeness (QED) is 0.622. The number of Topliss-reactive ketones (excluding diaryl/α,β-unsaturated/α-hetero) is 1. The van der Waals surface area contributed by atoms with Crippen molar-refractivity contribution in [3.8, 4) is 0 Å². The number of hydrogen-bond donors (Lipinski definition) is 1. The minimum atomic E-state index is -0.425. The monoisotopic (exact) mass is 260 g/mol. The molecule has 1 heterocycles. The predicted molar refractivity (Wildman–Crippen MR) is 71.4 cm³/mol. The van der Waals surface area contributed by atoms with E-state index < -0.39 is 4.92 Å². The Morgan fingerprint density at radius 3 is 2.79 bits per heavy atom. The summed E-state index contributed by atoms with van der Waals surface area (Å²) < 4.78 is 0. The molecule has 19 heavy (non-hydrogen) atoms. The van der Waals surface area contributed by atoms with Gasteiger partial charge in [-0.25, -0.2) is 0 Å². The summed E-state index contributed by atoms with van der Waals surface area (Å²) in [5, 5.41) is 14.1. The maximum atomic E-state index is 12.5. The summed E-state index contributed by atoms with van der Waals surface area (Å²) in [5.74, 6) is 0.187. The topological polar surface area (TPSA) is 72.2 Å². The molecule has 100 valence electrons. The first kappa shape index (κ1) is 12.1. The van der Waals surface area contributed by atoms with E-state index >= 15 is 0 Å². The van der Waals surface area contributed by atoms with Gasteiger partial charge >= 0.3 is 0 Å². The fourth-order valence-corrected chi connectivity index (χ4v) is 3.17. The van der Waals surface area contributed by atoms with Crippen LogP contribution in [0, 0.1) is 16.0 Å². The van der Waals surface area contributed by atoms with E-state index in [1.807, 2.05) is 0 Å². The highest BCUT2D eigenvalue weighted by Gasteiger charge is 2.36. The minimum Gasteiger partial charge on any atom is -0.381 e. The molecule has 0 amide bonds.